The van der Waals surface area contributed by atoms with Crippen molar-refractivity contribution in [2.45, 2.75) is 19.3 Å². The van der Waals surface area contributed by atoms with Crippen molar-refractivity contribution in [3.05, 3.63) is 65.0 Å². The molecule has 104 valence electrons. The van der Waals surface area contributed by atoms with E-state index in [0.717, 1.165) is 22.4 Å². The number of halogens is 1. The summed E-state index contributed by atoms with van der Waals surface area (Å²) >= 11 is 6.03. The van der Waals surface area contributed by atoms with Crippen LogP contribution in [0.1, 0.15) is 22.5 Å². The van der Waals surface area contributed by atoms with E-state index >= 15 is 0 Å². The minimum absolute atomic E-state index is 0.367. The second-order valence-electron chi connectivity index (χ2n) is 5.05. The Labute approximate surface area is 128 Å². The Morgan fingerprint density at radius 2 is 2.10 bits per heavy atom. The molecule has 3 aromatic rings. The Kier molecular flexibility index (Phi) is 3.64. The normalized spacial score (nSPS) is 10.7. The Morgan fingerprint density at radius 1 is 1.24 bits per heavy atom. The summed E-state index contributed by atoms with van der Waals surface area (Å²) in [6.45, 7) is 2.73. The quantitative estimate of drug-likeness (QED) is 0.685. The van der Waals surface area contributed by atoms with Crippen LogP contribution in [0.5, 0.6) is 0 Å². The van der Waals surface area contributed by atoms with Crippen molar-refractivity contribution in [3.8, 4) is 6.07 Å². The first-order chi connectivity index (χ1) is 10.2. The molecule has 3 rings (SSSR count). The highest BCUT2D eigenvalue weighted by atomic mass is 35.5. The fourth-order valence-electron chi connectivity index (χ4n) is 2.48. The van der Waals surface area contributed by atoms with E-state index < -0.39 is 0 Å². The third-order valence-electron chi connectivity index (χ3n) is 3.50. The molecule has 0 fully saturated rings. The van der Waals surface area contributed by atoms with E-state index in [-0.39, 0.29) is 0 Å². The van der Waals surface area contributed by atoms with Crippen LogP contribution in [-0.2, 0) is 12.4 Å². The number of nitriles is 1. The molecule has 21 heavy (non-hydrogen) atoms. The van der Waals surface area contributed by atoms with Crippen LogP contribution in [0.25, 0.3) is 11.0 Å². The summed E-state index contributed by atoms with van der Waals surface area (Å²) in [5, 5.41) is 9.01. The van der Waals surface area contributed by atoms with Gasteiger partial charge in [0, 0.05) is 6.54 Å². The molecular weight excluding hydrogens is 282 g/mol. The molecule has 3 nitrogen and oxygen atoms in total. The number of hydrogen-bond donors (Lipinski definition) is 0. The fraction of sp³-hybridized carbons (Fsp3) is 0.176. The second kappa shape index (κ2) is 5.59. The van der Waals surface area contributed by atoms with Gasteiger partial charge in [0.25, 0.3) is 0 Å². The van der Waals surface area contributed by atoms with Gasteiger partial charge in [-0.1, -0.05) is 18.2 Å². The van der Waals surface area contributed by atoms with Crippen LogP contribution in [0.15, 0.2) is 42.5 Å². The SMILES string of the molecule is Cc1ccc2nc(CCl)n(Cc3cccc(C#N)c3)c2c1. The van der Waals surface area contributed by atoms with Gasteiger partial charge in [0.05, 0.1) is 28.5 Å². The highest BCUT2D eigenvalue weighted by molar-refractivity contribution is 6.16. The molecule has 4 heteroatoms. The lowest BCUT2D eigenvalue weighted by molar-refractivity contribution is 0.778. The van der Waals surface area contributed by atoms with E-state index in [2.05, 4.69) is 28.6 Å². The van der Waals surface area contributed by atoms with Gasteiger partial charge in [-0.15, -0.1) is 11.6 Å². The second-order valence-corrected chi connectivity index (χ2v) is 5.32. The minimum atomic E-state index is 0.367. The number of hydrogen-bond acceptors (Lipinski definition) is 2. The zero-order valence-corrected chi connectivity index (χ0v) is 12.4. The lowest BCUT2D eigenvalue weighted by atomic mass is 10.1. The zero-order chi connectivity index (χ0) is 14.8. The molecule has 2 aromatic carbocycles. The number of aryl methyl sites for hydroxylation is 1. The van der Waals surface area contributed by atoms with E-state index in [0.29, 0.717) is 18.0 Å². The molecule has 0 aliphatic rings. The molecule has 0 aliphatic heterocycles. The van der Waals surface area contributed by atoms with Crippen molar-refractivity contribution in [1.29, 1.82) is 5.26 Å². The Morgan fingerprint density at radius 3 is 2.86 bits per heavy atom. The molecule has 0 radical (unpaired) electrons. The van der Waals surface area contributed by atoms with Crippen LogP contribution >= 0.6 is 11.6 Å². The standard InChI is InChI=1S/C17H14ClN3/c1-12-5-6-15-16(7-12)21(17(9-18)20-15)11-14-4-2-3-13(8-14)10-19/h2-8H,9,11H2,1H3. The summed E-state index contributed by atoms with van der Waals surface area (Å²) in [5.74, 6) is 1.21. The number of nitrogens with zero attached hydrogens (tertiary/aromatic N) is 3. The van der Waals surface area contributed by atoms with Crippen molar-refractivity contribution in [3.63, 3.8) is 0 Å². The molecule has 1 heterocycles. The number of rotatable bonds is 3. The van der Waals surface area contributed by atoms with E-state index in [4.69, 9.17) is 16.9 Å². The number of alkyl halides is 1. The molecule has 0 amide bonds. The molecule has 0 spiro atoms. The van der Waals surface area contributed by atoms with Gasteiger partial charge < -0.3 is 4.57 Å². The summed E-state index contributed by atoms with van der Waals surface area (Å²) in [5.41, 5.74) is 4.96. The highest BCUT2D eigenvalue weighted by Gasteiger charge is 2.10. The number of imidazole rings is 1. The van der Waals surface area contributed by atoms with Crippen molar-refractivity contribution in [1.82, 2.24) is 9.55 Å². The van der Waals surface area contributed by atoms with Crippen LogP contribution in [-0.4, -0.2) is 9.55 Å². The van der Waals surface area contributed by atoms with Crippen LogP contribution in [0.2, 0.25) is 0 Å². The summed E-state index contributed by atoms with van der Waals surface area (Å²) < 4.78 is 2.12. The lowest BCUT2D eigenvalue weighted by Crippen LogP contribution is -2.04. The van der Waals surface area contributed by atoms with Crippen molar-refractivity contribution < 1.29 is 0 Å². The van der Waals surface area contributed by atoms with Gasteiger partial charge in [-0.2, -0.15) is 5.26 Å². The van der Waals surface area contributed by atoms with Crippen molar-refractivity contribution in [2.24, 2.45) is 0 Å². The molecular formula is C17H14ClN3. The summed E-state index contributed by atoms with van der Waals surface area (Å²) in [6.07, 6.45) is 0. The van der Waals surface area contributed by atoms with E-state index in [9.17, 15) is 0 Å². The average molecular weight is 296 g/mol. The van der Waals surface area contributed by atoms with E-state index in [1.807, 2.05) is 36.4 Å². The topological polar surface area (TPSA) is 41.6 Å². The third kappa shape index (κ3) is 2.63. The van der Waals surface area contributed by atoms with Gasteiger partial charge in [0.15, 0.2) is 0 Å². The van der Waals surface area contributed by atoms with Crippen LogP contribution < -0.4 is 0 Å². The number of aromatic nitrogens is 2. The maximum absolute atomic E-state index is 9.01. The lowest BCUT2D eigenvalue weighted by Gasteiger charge is -2.08. The Bertz CT molecular complexity index is 843. The Balaban J connectivity index is 2.10. The molecule has 0 saturated heterocycles. The van der Waals surface area contributed by atoms with Crippen molar-refractivity contribution in [2.75, 3.05) is 0 Å². The van der Waals surface area contributed by atoms with Gasteiger partial charge in [0.1, 0.15) is 5.82 Å². The number of fused-ring (bicyclic) bond motifs is 1. The summed E-state index contributed by atoms with van der Waals surface area (Å²) in [7, 11) is 0. The monoisotopic (exact) mass is 295 g/mol. The van der Waals surface area contributed by atoms with Gasteiger partial charge >= 0.3 is 0 Å². The van der Waals surface area contributed by atoms with Crippen LogP contribution in [0.3, 0.4) is 0 Å². The maximum atomic E-state index is 9.01. The summed E-state index contributed by atoms with van der Waals surface area (Å²) in [6, 6.07) is 16.0. The number of benzene rings is 2. The maximum Gasteiger partial charge on any atom is 0.125 e. The summed E-state index contributed by atoms with van der Waals surface area (Å²) in [4.78, 5) is 4.58. The third-order valence-corrected chi connectivity index (χ3v) is 3.74. The van der Waals surface area contributed by atoms with Gasteiger partial charge in [-0.05, 0) is 42.3 Å². The highest BCUT2D eigenvalue weighted by Crippen LogP contribution is 2.21. The van der Waals surface area contributed by atoms with Crippen LogP contribution in [0, 0.1) is 18.3 Å². The van der Waals surface area contributed by atoms with Crippen molar-refractivity contribution >= 4 is 22.6 Å². The zero-order valence-electron chi connectivity index (χ0n) is 11.7. The minimum Gasteiger partial charge on any atom is -0.322 e. The molecule has 0 saturated carbocycles. The first-order valence-corrected chi connectivity index (χ1v) is 7.25. The predicted molar refractivity (Wildman–Crippen MR) is 84.3 cm³/mol. The molecule has 0 N–H and O–H groups in total. The predicted octanol–water partition coefficient (Wildman–Crippen LogP) is 4.00. The van der Waals surface area contributed by atoms with Gasteiger partial charge in [-0.25, -0.2) is 4.98 Å². The average Bonchev–Trinajstić information content (AvgIpc) is 2.85. The first kappa shape index (κ1) is 13.7. The molecule has 0 atom stereocenters. The fourth-order valence-corrected chi connectivity index (χ4v) is 2.69. The van der Waals surface area contributed by atoms with E-state index in [1.54, 1.807) is 0 Å². The van der Waals surface area contributed by atoms with Gasteiger partial charge in [-0.3, -0.25) is 0 Å². The first-order valence-electron chi connectivity index (χ1n) is 6.72. The Hall–Kier alpha value is -2.31. The van der Waals surface area contributed by atoms with Gasteiger partial charge in [0.2, 0.25) is 0 Å². The largest absolute Gasteiger partial charge is 0.322 e. The smallest absolute Gasteiger partial charge is 0.125 e. The molecule has 0 aliphatic carbocycles. The van der Waals surface area contributed by atoms with E-state index in [1.165, 1.54) is 5.56 Å². The molecule has 0 bridgehead atoms. The van der Waals surface area contributed by atoms with Crippen LogP contribution in [0.4, 0.5) is 0 Å². The molecule has 1 aromatic heterocycles. The molecule has 0 unspecified atom stereocenters.